The fourth-order valence-corrected chi connectivity index (χ4v) is 2.52. The summed E-state index contributed by atoms with van der Waals surface area (Å²) in [5.41, 5.74) is 4.84. The Bertz CT molecular complexity index is 744. The third kappa shape index (κ3) is 11.6. The lowest BCUT2D eigenvalue weighted by atomic mass is 10.2. The zero-order valence-corrected chi connectivity index (χ0v) is 16.1. The number of thiocarbonyl (C=S) groups is 1. The number of nitrogens with one attached hydrogen (secondary N) is 1. The molecule has 0 aliphatic rings. The Morgan fingerprint density at radius 2 is 1.84 bits per heavy atom. The summed E-state index contributed by atoms with van der Waals surface area (Å²) in [6.07, 6.45) is 1.90. The van der Waals surface area contributed by atoms with Crippen LogP contribution in [0.1, 0.15) is 19.3 Å². The maximum Gasteiger partial charge on any atom is 0.336 e. The van der Waals surface area contributed by atoms with Crippen LogP contribution in [0.4, 0.5) is 0 Å². The standard InChI is InChI=1S/C9H6O2.C6H14NO3PS.CH5N/c10-9-6-5-7-3-1-2-4-8(7)11-9;1-7-6(12)4-2-3-5-11(8,9)10;1-2/h1-6H;2-5H2,1H3,(H,7,12)(H2,8,9,10);2H2,1H3. The van der Waals surface area contributed by atoms with Gasteiger partial charge in [-0.15, -0.1) is 0 Å². The van der Waals surface area contributed by atoms with Gasteiger partial charge < -0.3 is 25.3 Å². The van der Waals surface area contributed by atoms with Gasteiger partial charge in [-0.05, 0) is 38.4 Å². The molecule has 1 heterocycles. The number of fused-ring (bicyclic) bond motifs is 1. The highest BCUT2D eigenvalue weighted by Gasteiger charge is 2.11. The number of unbranched alkanes of at least 4 members (excludes halogenated alkanes) is 1. The summed E-state index contributed by atoms with van der Waals surface area (Å²) in [7, 11) is -0.556. The molecule has 0 unspecified atom stereocenters. The molecule has 0 atom stereocenters. The SMILES string of the molecule is CN.CNC(=S)CCCCP(=O)(O)O.O=c1ccc2ccccc2o1. The van der Waals surface area contributed by atoms with E-state index in [1.807, 2.05) is 18.2 Å². The molecule has 1 aromatic carbocycles. The molecule has 0 amide bonds. The normalized spacial score (nSPS) is 10.1. The molecule has 25 heavy (non-hydrogen) atoms. The molecule has 0 spiro atoms. The second-order valence-electron chi connectivity index (χ2n) is 4.81. The first kappa shape index (κ1) is 23.4. The van der Waals surface area contributed by atoms with E-state index in [1.54, 1.807) is 19.2 Å². The van der Waals surface area contributed by atoms with E-state index in [0.717, 1.165) is 16.8 Å². The second kappa shape index (κ2) is 12.7. The molecule has 5 N–H and O–H groups in total. The highest BCUT2D eigenvalue weighted by Crippen LogP contribution is 2.35. The molecule has 0 radical (unpaired) electrons. The molecule has 0 bridgehead atoms. The summed E-state index contributed by atoms with van der Waals surface area (Å²) in [5.74, 6) is 0. The Labute approximate surface area is 152 Å². The summed E-state index contributed by atoms with van der Waals surface area (Å²) in [4.78, 5) is 28.5. The van der Waals surface area contributed by atoms with Crippen LogP contribution in [0.2, 0.25) is 0 Å². The van der Waals surface area contributed by atoms with Crippen molar-refractivity contribution in [3.63, 3.8) is 0 Å². The molecule has 1 aromatic heterocycles. The molecule has 7 nitrogen and oxygen atoms in total. The fraction of sp³-hybridized carbons (Fsp3) is 0.375. The number of nitrogens with two attached hydrogens (primary N) is 1. The van der Waals surface area contributed by atoms with Gasteiger partial charge in [0.2, 0.25) is 0 Å². The maximum atomic E-state index is 10.7. The summed E-state index contributed by atoms with van der Waals surface area (Å²) in [6.45, 7) is 0. The molecule has 0 aliphatic carbocycles. The van der Waals surface area contributed by atoms with Crippen molar-refractivity contribution >= 4 is 35.8 Å². The molecule has 140 valence electrons. The van der Waals surface area contributed by atoms with Crippen LogP contribution in [0.5, 0.6) is 0 Å². The molecule has 2 rings (SSSR count). The molecule has 0 saturated heterocycles. The Kier molecular flexibility index (Phi) is 11.9. The number of hydrogen-bond donors (Lipinski definition) is 4. The van der Waals surface area contributed by atoms with Crippen LogP contribution < -0.4 is 16.7 Å². The van der Waals surface area contributed by atoms with E-state index < -0.39 is 7.60 Å². The predicted octanol–water partition coefficient (Wildman–Crippen LogP) is 2.25. The lowest BCUT2D eigenvalue weighted by Gasteiger charge is -2.03. The zero-order chi connectivity index (χ0) is 19.3. The molecule has 0 saturated carbocycles. The number of hydrogen-bond acceptors (Lipinski definition) is 5. The zero-order valence-electron chi connectivity index (χ0n) is 14.3. The molecule has 2 aromatic rings. The van der Waals surface area contributed by atoms with Crippen molar-refractivity contribution in [1.82, 2.24) is 5.32 Å². The van der Waals surface area contributed by atoms with Gasteiger partial charge in [-0.2, -0.15) is 0 Å². The highest BCUT2D eigenvalue weighted by molar-refractivity contribution is 7.80. The van der Waals surface area contributed by atoms with Crippen molar-refractivity contribution in [3.8, 4) is 0 Å². The van der Waals surface area contributed by atoms with Gasteiger partial charge in [0.25, 0.3) is 0 Å². The van der Waals surface area contributed by atoms with Gasteiger partial charge in [-0.3, -0.25) is 4.57 Å². The Balaban J connectivity index is 0.000000419. The topological polar surface area (TPSA) is 126 Å². The van der Waals surface area contributed by atoms with Crippen LogP contribution in [0.15, 0.2) is 45.6 Å². The average molecular weight is 388 g/mol. The number of para-hydroxylation sites is 1. The summed E-state index contributed by atoms with van der Waals surface area (Å²) >= 11 is 4.86. The number of rotatable bonds is 5. The van der Waals surface area contributed by atoms with Crippen molar-refractivity contribution in [1.29, 1.82) is 0 Å². The van der Waals surface area contributed by atoms with Crippen molar-refractivity contribution in [3.05, 3.63) is 46.8 Å². The Morgan fingerprint density at radius 1 is 1.20 bits per heavy atom. The van der Waals surface area contributed by atoms with E-state index in [-0.39, 0.29) is 11.8 Å². The average Bonchev–Trinajstić information content (AvgIpc) is 2.60. The van der Waals surface area contributed by atoms with Crippen molar-refractivity contribution in [2.24, 2.45) is 5.73 Å². The van der Waals surface area contributed by atoms with Crippen LogP contribution in [0.25, 0.3) is 11.0 Å². The summed E-state index contributed by atoms with van der Waals surface area (Å²) in [6, 6.07) is 10.6. The number of benzene rings is 1. The molecule has 9 heteroatoms. The van der Waals surface area contributed by atoms with E-state index in [9.17, 15) is 9.36 Å². The monoisotopic (exact) mass is 388 g/mol. The highest BCUT2D eigenvalue weighted by atomic mass is 32.1. The third-order valence-electron chi connectivity index (χ3n) is 2.91. The lowest BCUT2D eigenvalue weighted by molar-refractivity contribution is 0.371. The minimum absolute atomic E-state index is 0.0423. The summed E-state index contributed by atoms with van der Waals surface area (Å²) in [5, 5.41) is 3.75. The van der Waals surface area contributed by atoms with Gasteiger partial charge in [-0.1, -0.05) is 30.4 Å². The van der Waals surface area contributed by atoms with Crippen molar-refractivity contribution in [2.75, 3.05) is 20.3 Å². The Morgan fingerprint density at radius 3 is 2.44 bits per heavy atom. The van der Waals surface area contributed by atoms with Crippen LogP contribution >= 0.6 is 19.8 Å². The van der Waals surface area contributed by atoms with Crippen LogP contribution in [0.3, 0.4) is 0 Å². The molecular formula is C16H25N2O5PS. The van der Waals surface area contributed by atoms with Crippen molar-refractivity contribution in [2.45, 2.75) is 19.3 Å². The van der Waals surface area contributed by atoms with Crippen molar-refractivity contribution < 1.29 is 18.8 Å². The predicted molar refractivity (Wildman–Crippen MR) is 105 cm³/mol. The molecule has 0 aliphatic heterocycles. The van der Waals surface area contributed by atoms with E-state index >= 15 is 0 Å². The lowest BCUT2D eigenvalue weighted by Crippen LogP contribution is -2.14. The van der Waals surface area contributed by atoms with Crippen LogP contribution in [-0.2, 0) is 4.57 Å². The van der Waals surface area contributed by atoms with E-state index in [2.05, 4.69) is 11.1 Å². The first-order valence-electron chi connectivity index (χ1n) is 7.63. The van der Waals surface area contributed by atoms with Crippen LogP contribution in [0, 0.1) is 0 Å². The minimum Gasteiger partial charge on any atom is -0.423 e. The first-order chi connectivity index (χ1) is 11.8. The third-order valence-corrected chi connectivity index (χ3v) is 4.22. The Hall–Kier alpha value is -1.57. The minimum atomic E-state index is -3.80. The van der Waals surface area contributed by atoms with Gasteiger partial charge in [0.05, 0.1) is 4.99 Å². The molecular weight excluding hydrogens is 363 g/mol. The van der Waals surface area contributed by atoms with Crippen LogP contribution in [-0.4, -0.2) is 35.0 Å². The van der Waals surface area contributed by atoms with Gasteiger partial charge >= 0.3 is 13.2 Å². The van der Waals surface area contributed by atoms with Gasteiger partial charge in [0.15, 0.2) is 0 Å². The van der Waals surface area contributed by atoms with Gasteiger partial charge in [-0.25, -0.2) is 4.79 Å². The first-order valence-corrected chi connectivity index (χ1v) is 9.84. The smallest absolute Gasteiger partial charge is 0.336 e. The second-order valence-corrected chi connectivity index (χ2v) is 7.08. The van der Waals surface area contributed by atoms with E-state index in [0.29, 0.717) is 18.4 Å². The van der Waals surface area contributed by atoms with Gasteiger partial charge in [0, 0.05) is 24.7 Å². The summed E-state index contributed by atoms with van der Waals surface area (Å²) < 4.78 is 15.3. The van der Waals surface area contributed by atoms with E-state index in [1.165, 1.54) is 13.1 Å². The molecule has 0 fully saturated rings. The maximum absolute atomic E-state index is 10.7. The quantitative estimate of drug-likeness (QED) is 0.266. The largest absolute Gasteiger partial charge is 0.423 e. The fourth-order valence-electron chi connectivity index (χ4n) is 1.74. The van der Waals surface area contributed by atoms with Gasteiger partial charge in [0.1, 0.15) is 5.58 Å². The van der Waals surface area contributed by atoms with E-state index in [4.69, 9.17) is 26.4 Å².